The lowest BCUT2D eigenvalue weighted by atomic mass is 9.94. The van der Waals surface area contributed by atoms with Gasteiger partial charge in [0.15, 0.2) is 0 Å². The van der Waals surface area contributed by atoms with Crippen LogP contribution in [-0.4, -0.2) is 72.2 Å². The highest BCUT2D eigenvalue weighted by Crippen LogP contribution is 2.21. The van der Waals surface area contributed by atoms with Gasteiger partial charge >= 0.3 is 6.03 Å². The van der Waals surface area contributed by atoms with E-state index in [1.54, 1.807) is 6.20 Å². The number of hydrogen-bond donors (Lipinski definition) is 1. The van der Waals surface area contributed by atoms with Crippen LogP contribution >= 0.6 is 0 Å². The van der Waals surface area contributed by atoms with Gasteiger partial charge in [0, 0.05) is 38.4 Å². The number of piperidine rings is 1. The summed E-state index contributed by atoms with van der Waals surface area (Å²) in [5.74, 6) is -2.76. The molecule has 2 aliphatic heterocycles. The molecule has 8 heteroatoms. The number of hydrogen-bond acceptors (Lipinski definition) is 4. The summed E-state index contributed by atoms with van der Waals surface area (Å²) in [5.41, 5.74) is 1.02. The van der Waals surface area contributed by atoms with Gasteiger partial charge in [-0.1, -0.05) is 13.0 Å². The molecule has 0 aromatic carbocycles. The summed E-state index contributed by atoms with van der Waals surface area (Å²) in [7, 11) is 0. The lowest BCUT2D eigenvalue weighted by Crippen LogP contribution is -2.54. The first kappa shape index (κ1) is 19.0. The number of urea groups is 1. The summed E-state index contributed by atoms with van der Waals surface area (Å²) in [5, 5.41) is 2.94. The summed E-state index contributed by atoms with van der Waals surface area (Å²) in [6.07, 6.45) is 2.58. The number of aromatic nitrogens is 1. The number of ether oxygens (including phenoxy) is 1. The zero-order valence-electron chi connectivity index (χ0n) is 15.0. The minimum Gasteiger partial charge on any atom is -0.373 e. The van der Waals surface area contributed by atoms with Gasteiger partial charge in [-0.3, -0.25) is 9.88 Å². The van der Waals surface area contributed by atoms with Crippen molar-refractivity contribution in [1.29, 1.82) is 0 Å². The molecule has 2 unspecified atom stereocenters. The van der Waals surface area contributed by atoms with Gasteiger partial charge in [-0.25, -0.2) is 13.6 Å². The molecule has 0 aliphatic carbocycles. The Morgan fingerprint density at radius 1 is 1.42 bits per heavy atom. The minimum atomic E-state index is -2.99. The smallest absolute Gasteiger partial charge is 0.317 e. The Morgan fingerprint density at radius 2 is 2.27 bits per heavy atom. The van der Waals surface area contributed by atoms with Crippen molar-refractivity contribution in [2.24, 2.45) is 5.92 Å². The fourth-order valence-corrected chi connectivity index (χ4v) is 3.53. The lowest BCUT2D eigenvalue weighted by Gasteiger charge is -2.38. The fourth-order valence-electron chi connectivity index (χ4n) is 3.53. The highest BCUT2D eigenvalue weighted by molar-refractivity contribution is 5.74. The summed E-state index contributed by atoms with van der Waals surface area (Å²) in [6.45, 7) is 3.64. The zero-order valence-corrected chi connectivity index (χ0v) is 15.0. The molecule has 144 valence electrons. The largest absolute Gasteiger partial charge is 0.373 e. The van der Waals surface area contributed by atoms with Crippen LogP contribution in [0.4, 0.5) is 13.6 Å². The molecule has 3 rings (SSSR count). The Labute approximate surface area is 152 Å². The van der Waals surface area contributed by atoms with Gasteiger partial charge in [-0.15, -0.1) is 0 Å². The predicted octanol–water partition coefficient (Wildman–Crippen LogP) is 1.97. The molecule has 1 aromatic rings. The Kier molecular flexibility index (Phi) is 6.03. The number of carbonyl (C=O) groups excluding carboxylic acids is 1. The molecule has 2 fully saturated rings. The second-order valence-electron chi connectivity index (χ2n) is 7.21. The molecular formula is C18H26F2N4O2. The van der Waals surface area contributed by atoms with Crippen LogP contribution in [0.1, 0.15) is 19.0 Å². The van der Waals surface area contributed by atoms with Crippen molar-refractivity contribution in [2.45, 2.75) is 31.9 Å². The number of rotatable bonds is 3. The molecule has 3 heterocycles. The van der Waals surface area contributed by atoms with E-state index in [-0.39, 0.29) is 25.1 Å². The second-order valence-corrected chi connectivity index (χ2v) is 7.21. The minimum absolute atomic E-state index is 0.0136. The molecule has 6 nitrogen and oxygen atoms in total. The zero-order chi connectivity index (χ0) is 18.6. The Balaban J connectivity index is 1.50. The van der Waals surface area contributed by atoms with Gasteiger partial charge in [0.1, 0.15) is 6.61 Å². The summed E-state index contributed by atoms with van der Waals surface area (Å²) >= 11 is 0. The van der Waals surface area contributed by atoms with E-state index in [0.29, 0.717) is 0 Å². The van der Waals surface area contributed by atoms with Crippen molar-refractivity contribution in [1.82, 2.24) is 20.1 Å². The quantitative estimate of drug-likeness (QED) is 0.886. The highest BCUT2D eigenvalue weighted by atomic mass is 19.3. The van der Waals surface area contributed by atoms with Crippen LogP contribution in [0.3, 0.4) is 0 Å². The third-order valence-electron chi connectivity index (χ3n) is 4.94. The number of nitrogens with one attached hydrogen (secondary N) is 1. The summed E-state index contributed by atoms with van der Waals surface area (Å²) < 4.78 is 32.1. The molecule has 26 heavy (non-hydrogen) atoms. The number of carbonyl (C=O) groups is 1. The summed E-state index contributed by atoms with van der Waals surface area (Å²) in [6, 6.07) is 5.43. The van der Waals surface area contributed by atoms with Crippen molar-refractivity contribution in [3.05, 3.63) is 30.1 Å². The van der Waals surface area contributed by atoms with Crippen molar-refractivity contribution >= 4 is 6.03 Å². The normalized spacial score (nSPS) is 27.0. The predicted molar refractivity (Wildman–Crippen MR) is 93.0 cm³/mol. The number of amides is 2. The number of halogens is 2. The maximum atomic E-state index is 13.6. The van der Waals surface area contributed by atoms with E-state index in [9.17, 15) is 13.6 Å². The number of likely N-dealkylation sites (tertiary alicyclic amines) is 1. The lowest BCUT2D eigenvalue weighted by molar-refractivity contribution is -0.0653. The van der Waals surface area contributed by atoms with Crippen LogP contribution in [0, 0.1) is 5.92 Å². The highest BCUT2D eigenvalue weighted by Gasteiger charge is 2.37. The van der Waals surface area contributed by atoms with Crippen molar-refractivity contribution in [3.63, 3.8) is 0 Å². The monoisotopic (exact) mass is 368 g/mol. The third-order valence-corrected chi connectivity index (χ3v) is 4.94. The molecule has 2 saturated heterocycles. The van der Waals surface area contributed by atoms with Crippen LogP contribution in [0.15, 0.2) is 24.4 Å². The van der Waals surface area contributed by atoms with E-state index in [4.69, 9.17) is 4.74 Å². The molecule has 0 radical (unpaired) electrons. The van der Waals surface area contributed by atoms with Crippen LogP contribution in [0.2, 0.25) is 0 Å². The molecule has 0 bridgehead atoms. The first-order valence-corrected chi connectivity index (χ1v) is 9.06. The molecule has 2 atom stereocenters. The number of alkyl halides is 2. The topological polar surface area (TPSA) is 57.7 Å². The maximum Gasteiger partial charge on any atom is 0.317 e. The van der Waals surface area contributed by atoms with Crippen molar-refractivity contribution < 1.29 is 18.3 Å². The first-order chi connectivity index (χ1) is 12.4. The molecule has 0 spiro atoms. The van der Waals surface area contributed by atoms with E-state index in [1.165, 1.54) is 4.90 Å². The third kappa shape index (κ3) is 5.11. The van der Waals surface area contributed by atoms with Gasteiger partial charge in [0.05, 0.1) is 18.8 Å². The van der Waals surface area contributed by atoms with E-state index in [2.05, 4.69) is 22.1 Å². The average Bonchev–Trinajstić information content (AvgIpc) is 2.79. The van der Waals surface area contributed by atoms with E-state index < -0.39 is 25.1 Å². The first-order valence-electron chi connectivity index (χ1n) is 9.06. The van der Waals surface area contributed by atoms with Crippen molar-refractivity contribution in [2.75, 3.05) is 39.4 Å². The van der Waals surface area contributed by atoms with E-state index in [1.807, 2.05) is 18.2 Å². The van der Waals surface area contributed by atoms with E-state index >= 15 is 0 Å². The summed E-state index contributed by atoms with van der Waals surface area (Å²) in [4.78, 5) is 20.3. The molecule has 1 aromatic heterocycles. The molecule has 1 N–H and O–H groups in total. The van der Waals surface area contributed by atoms with Crippen LogP contribution in [0.5, 0.6) is 0 Å². The Hall–Kier alpha value is -1.80. The van der Waals surface area contributed by atoms with Crippen LogP contribution < -0.4 is 5.32 Å². The Bertz CT molecular complexity index is 602. The second kappa shape index (κ2) is 8.26. The van der Waals surface area contributed by atoms with Crippen molar-refractivity contribution in [3.8, 4) is 0 Å². The fraction of sp³-hybridized carbons (Fsp3) is 0.667. The van der Waals surface area contributed by atoms with Gasteiger partial charge in [0.2, 0.25) is 0 Å². The Morgan fingerprint density at radius 3 is 3.00 bits per heavy atom. The van der Waals surface area contributed by atoms with E-state index in [0.717, 1.165) is 31.7 Å². The number of pyridine rings is 1. The van der Waals surface area contributed by atoms with Gasteiger partial charge in [0.25, 0.3) is 5.92 Å². The maximum absolute atomic E-state index is 13.6. The molecule has 2 amide bonds. The molecule has 2 aliphatic rings. The SMILES string of the molecule is CC1CN(Cc2ccccn2)CCC1NC(=O)N1CCOCC(F)(F)C1. The standard InChI is InChI=1S/C18H26F2N4O2/c1-14-10-23(11-15-4-2-3-6-21-15)7-5-16(14)22-17(25)24-8-9-26-13-18(19,20)12-24/h2-4,6,14,16H,5,7-13H2,1H3,(H,22,25). The van der Waals surface area contributed by atoms with Gasteiger partial charge in [-0.05, 0) is 24.5 Å². The van der Waals surface area contributed by atoms with Crippen LogP contribution in [0.25, 0.3) is 0 Å². The average molecular weight is 368 g/mol. The number of nitrogens with zero attached hydrogens (tertiary/aromatic N) is 3. The van der Waals surface area contributed by atoms with Crippen LogP contribution in [-0.2, 0) is 11.3 Å². The van der Waals surface area contributed by atoms with Gasteiger partial charge in [-0.2, -0.15) is 0 Å². The van der Waals surface area contributed by atoms with Gasteiger partial charge < -0.3 is 15.0 Å². The molecule has 0 saturated carbocycles. The molecular weight excluding hydrogens is 342 g/mol.